The zero-order valence-electron chi connectivity index (χ0n) is 9.45. The maximum absolute atomic E-state index is 11.6. The number of ketones is 1. The lowest BCUT2D eigenvalue weighted by atomic mass is 10.0. The van der Waals surface area contributed by atoms with E-state index in [1.807, 2.05) is 0 Å². The van der Waals surface area contributed by atoms with Crippen molar-refractivity contribution in [2.24, 2.45) is 0 Å². The maximum Gasteiger partial charge on any atom is 0.140 e. The van der Waals surface area contributed by atoms with Crippen molar-refractivity contribution in [1.82, 2.24) is 9.97 Å². The van der Waals surface area contributed by atoms with Crippen LogP contribution in [0.15, 0.2) is 12.4 Å². The van der Waals surface area contributed by atoms with Crippen LogP contribution in [0.5, 0.6) is 0 Å². The van der Waals surface area contributed by atoms with Gasteiger partial charge in [0.1, 0.15) is 11.6 Å². The average Bonchev–Trinajstić information content (AvgIpc) is 2.81. The fraction of sp³-hybridized carbons (Fsp3) is 0.667. The van der Waals surface area contributed by atoms with Gasteiger partial charge in [0.15, 0.2) is 0 Å². The van der Waals surface area contributed by atoms with Crippen LogP contribution in [0.2, 0.25) is 0 Å². The summed E-state index contributed by atoms with van der Waals surface area (Å²) in [6.07, 6.45) is 9.10. The van der Waals surface area contributed by atoms with Crippen LogP contribution >= 0.6 is 0 Å². The van der Waals surface area contributed by atoms with Crippen molar-refractivity contribution < 1.29 is 9.53 Å². The second-order valence-electron chi connectivity index (χ2n) is 4.28. The van der Waals surface area contributed by atoms with E-state index < -0.39 is 0 Å². The van der Waals surface area contributed by atoms with Gasteiger partial charge in [0.25, 0.3) is 0 Å². The van der Waals surface area contributed by atoms with Gasteiger partial charge in [0.05, 0.1) is 12.5 Å². The monoisotopic (exact) mass is 222 g/mol. The number of rotatable bonds is 5. The van der Waals surface area contributed by atoms with Crippen LogP contribution in [0.1, 0.15) is 37.9 Å². The molecule has 1 saturated heterocycles. The first-order valence-electron chi connectivity index (χ1n) is 5.96. The largest absolute Gasteiger partial charge is 0.378 e. The Morgan fingerprint density at radius 3 is 3.19 bits per heavy atom. The highest BCUT2D eigenvalue weighted by molar-refractivity contribution is 5.80. The molecule has 1 aromatic heterocycles. The molecule has 1 N–H and O–H groups in total. The van der Waals surface area contributed by atoms with Crippen LogP contribution in [0, 0.1) is 0 Å². The number of nitrogens with zero attached hydrogens (tertiary/aromatic N) is 1. The Hall–Kier alpha value is -1.16. The van der Waals surface area contributed by atoms with Gasteiger partial charge >= 0.3 is 0 Å². The molecule has 4 heteroatoms. The zero-order valence-corrected chi connectivity index (χ0v) is 9.45. The normalized spacial score (nSPS) is 20.9. The van der Waals surface area contributed by atoms with Crippen LogP contribution in [0.25, 0.3) is 0 Å². The Labute approximate surface area is 95.4 Å². The first-order valence-corrected chi connectivity index (χ1v) is 5.96. The third-order valence-electron chi connectivity index (χ3n) is 2.94. The van der Waals surface area contributed by atoms with Crippen molar-refractivity contribution in [3.05, 3.63) is 18.2 Å². The smallest absolute Gasteiger partial charge is 0.140 e. The Morgan fingerprint density at radius 2 is 2.50 bits per heavy atom. The average molecular weight is 222 g/mol. The Balaban J connectivity index is 1.67. The predicted octanol–water partition coefficient (Wildman–Crippen LogP) is 1.87. The topological polar surface area (TPSA) is 55.0 Å². The summed E-state index contributed by atoms with van der Waals surface area (Å²) in [7, 11) is 0. The van der Waals surface area contributed by atoms with Crippen LogP contribution < -0.4 is 0 Å². The number of ether oxygens (including phenoxy) is 1. The number of carbonyl (C=O) groups excluding carboxylic acids is 1. The number of hydrogen-bond acceptors (Lipinski definition) is 3. The minimum Gasteiger partial charge on any atom is -0.378 e. The van der Waals surface area contributed by atoms with Gasteiger partial charge < -0.3 is 9.72 Å². The van der Waals surface area contributed by atoms with Gasteiger partial charge in [-0.15, -0.1) is 0 Å². The molecule has 16 heavy (non-hydrogen) atoms. The molecule has 0 radical (unpaired) electrons. The standard InChI is InChI=1S/C12H18N2O2/c15-10(9-12-13-6-7-14-12)4-5-11-3-1-2-8-16-11/h6-7,11H,1-5,8-9H2,(H,13,14). The van der Waals surface area contributed by atoms with E-state index in [4.69, 9.17) is 4.74 Å². The van der Waals surface area contributed by atoms with Crippen molar-refractivity contribution >= 4 is 5.78 Å². The van der Waals surface area contributed by atoms with Crippen LogP contribution in [0.3, 0.4) is 0 Å². The molecule has 2 rings (SSSR count). The molecule has 1 unspecified atom stereocenters. The molecule has 0 amide bonds. The van der Waals surface area contributed by atoms with E-state index in [-0.39, 0.29) is 5.78 Å². The molecule has 88 valence electrons. The van der Waals surface area contributed by atoms with Gasteiger partial charge in [-0.2, -0.15) is 0 Å². The molecule has 1 aliphatic heterocycles. The molecule has 1 aliphatic rings. The molecule has 2 heterocycles. The Bertz CT molecular complexity index is 316. The van der Waals surface area contributed by atoms with Crippen molar-refractivity contribution in [2.45, 2.75) is 44.6 Å². The zero-order chi connectivity index (χ0) is 11.2. The summed E-state index contributed by atoms with van der Waals surface area (Å²) in [6.45, 7) is 0.858. The lowest BCUT2D eigenvalue weighted by Gasteiger charge is -2.21. The molecule has 1 aromatic rings. The van der Waals surface area contributed by atoms with E-state index in [0.29, 0.717) is 18.9 Å². The Kier molecular flexibility index (Phi) is 4.10. The summed E-state index contributed by atoms with van der Waals surface area (Å²) >= 11 is 0. The molecular weight excluding hydrogens is 204 g/mol. The number of aromatic nitrogens is 2. The molecular formula is C12H18N2O2. The van der Waals surface area contributed by atoms with Crippen molar-refractivity contribution in [3.8, 4) is 0 Å². The van der Waals surface area contributed by atoms with Crippen molar-refractivity contribution in [3.63, 3.8) is 0 Å². The van der Waals surface area contributed by atoms with E-state index in [1.54, 1.807) is 12.4 Å². The fourth-order valence-electron chi connectivity index (χ4n) is 2.03. The summed E-state index contributed by atoms with van der Waals surface area (Å²) in [4.78, 5) is 18.6. The molecule has 0 aromatic carbocycles. The van der Waals surface area contributed by atoms with Gasteiger partial charge in [-0.05, 0) is 25.7 Å². The quantitative estimate of drug-likeness (QED) is 0.827. The second kappa shape index (κ2) is 5.80. The van der Waals surface area contributed by atoms with Crippen molar-refractivity contribution in [2.75, 3.05) is 6.61 Å². The number of hydrogen-bond donors (Lipinski definition) is 1. The highest BCUT2D eigenvalue weighted by atomic mass is 16.5. The summed E-state index contributed by atoms with van der Waals surface area (Å²) in [6, 6.07) is 0. The lowest BCUT2D eigenvalue weighted by molar-refractivity contribution is -0.119. The molecule has 0 aliphatic carbocycles. The minimum atomic E-state index is 0.240. The summed E-state index contributed by atoms with van der Waals surface area (Å²) in [5.74, 6) is 0.999. The molecule has 4 nitrogen and oxygen atoms in total. The number of Topliss-reactive ketones (excluding diaryl/α,β-unsaturated/α-hetero) is 1. The summed E-state index contributed by atoms with van der Waals surface area (Å²) in [5, 5.41) is 0. The SMILES string of the molecule is O=C(CCC1CCCCO1)Cc1ncc[nH]1. The molecule has 1 fully saturated rings. The van der Waals surface area contributed by atoms with Gasteiger partial charge in [0.2, 0.25) is 0 Å². The first-order chi connectivity index (χ1) is 7.84. The summed E-state index contributed by atoms with van der Waals surface area (Å²) < 4.78 is 5.59. The van der Waals surface area contributed by atoms with Gasteiger partial charge in [-0.3, -0.25) is 4.79 Å². The number of nitrogens with one attached hydrogen (secondary N) is 1. The summed E-state index contributed by atoms with van der Waals surface area (Å²) in [5.41, 5.74) is 0. The minimum absolute atomic E-state index is 0.240. The Morgan fingerprint density at radius 1 is 1.56 bits per heavy atom. The van der Waals surface area contributed by atoms with E-state index >= 15 is 0 Å². The maximum atomic E-state index is 11.6. The molecule has 0 saturated carbocycles. The van der Waals surface area contributed by atoms with E-state index in [2.05, 4.69) is 9.97 Å². The van der Waals surface area contributed by atoms with Gasteiger partial charge in [0, 0.05) is 25.4 Å². The second-order valence-corrected chi connectivity index (χ2v) is 4.28. The van der Waals surface area contributed by atoms with Crippen LogP contribution in [-0.2, 0) is 16.0 Å². The predicted molar refractivity (Wildman–Crippen MR) is 60.1 cm³/mol. The third kappa shape index (κ3) is 3.45. The molecule has 0 bridgehead atoms. The van der Waals surface area contributed by atoms with Gasteiger partial charge in [-0.25, -0.2) is 4.98 Å². The first kappa shape index (κ1) is 11.3. The van der Waals surface area contributed by atoms with E-state index in [9.17, 15) is 4.79 Å². The number of aromatic amines is 1. The number of imidazole rings is 1. The lowest BCUT2D eigenvalue weighted by Crippen LogP contribution is -2.20. The highest BCUT2D eigenvalue weighted by Crippen LogP contribution is 2.17. The number of carbonyl (C=O) groups is 1. The van der Waals surface area contributed by atoms with Crippen LogP contribution in [0.4, 0.5) is 0 Å². The van der Waals surface area contributed by atoms with E-state index in [1.165, 1.54) is 6.42 Å². The highest BCUT2D eigenvalue weighted by Gasteiger charge is 2.15. The van der Waals surface area contributed by atoms with E-state index in [0.717, 1.165) is 31.7 Å². The fourth-order valence-corrected chi connectivity index (χ4v) is 2.03. The number of H-pyrrole nitrogens is 1. The van der Waals surface area contributed by atoms with Crippen molar-refractivity contribution in [1.29, 1.82) is 0 Å². The van der Waals surface area contributed by atoms with Crippen LogP contribution in [-0.4, -0.2) is 28.5 Å². The van der Waals surface area contributed by atoms with Gasteiger partial charge in [-0.1, -0.05) is 0 Å². The third-order valence-corrected chi connectivity index (χ3v) is 2.94. The molecule has 0 spiro atoms. The molecule has 1 atom stereocenters.